The molecule has 0 fully saturated rings. The zero-order chi connectivity index (χ0) is 34.5. The first-order valence-corrected chi connectivity index (χ1v) is 20.1. The standard InChI is InChI=1S/C32H65N4O7PS2/c1-36(2,3)22-25-43-44(41,35-30(38)21-20-29(34-32(40)28-46)26-33-31(39)27-45)42-24-19-17-15-13-11-9-7-5-4-6-8-10-12-14-16-18-23-37/h29,37H,4-28H2,1-3H3,(H4-,33,34,35,38,39,40,41,45,46)/p+1. The van der Waals surface area contributed by atoms with Crippen molar-refractivity contribution in [1.82, 2.24) is 15.7 Å². The molecule has 2 atom stereocenters. The van der Waals surface area contributed by atoms with E-state index in [1.807, 2.05) is 21.1 Å². The molecule has 3 amide bonds. The van der Waals surface area contributed by atoms with Crippen LogP contribution >= 0.6 is 33.0 Å². The number of thiol groups is 2. The van der Waals surface area contributed by atoms with Gasteiger partial charge >= 0.3 is 7.75 Å². The van der Waals surface area contributed by atoms with Crippen LogP contribution in [-0.2, 0) is 28.0 Å². The number of nitrogens with one attached hydrogen (secondary N) is 3. The van der Waals surface area contributed by atoms with Crippen molar-refractivity contribution in [3.05, 3.63) is 0 Å². The SMILES string of the molecule is C[N+](C)(C)CCOP(=O)(NC(=O)CCC(CNC(=O)CS)NC(=O)CS)OCCCCCCCCCCCCCCCCCCO. The first-order chi connectivity index (χ1) is 21.9. The molecule has 0 aromatic carbocycles. The number of quaternary nitrogens is 1. The number of amides is 3. The Morgan fingerprint density at radius 1 is 0.696 bits per heavy atom. The fourth-order valence-electron chi connectivity index (χ4n) is 4.72. The van der Waals surface area contributed by atoms with Crippen LogP contribution < -0.4 is 15.7 Å². The Morgan fingerprint density at radius 3 is 1.61 bits per heavy atom. The van der Waals surface area contributed by atoms with Crippen LogP contribution in [0.15, 0.2) is 0 Å². The summed E-state index contributed by atoms with van der Waals surface area (Å²) in [7, 11) is 2.09. The molecule has 0 saturated carbocycles. The van der Waals surface area contributed by atoms with Gasteiger partial charge in [-0.05, 0) is 19.3 Å². The van der Waals surface area contributed by atoms with E-state index >= 15 is 0 Å². The van der Waals surface area contributed by atoms with E-state index in [1.54, 1.807) is 0 Å². The van der Waals surface area contributed by atoms with Crippen molar-refractivity contribution >= 4 is 50.7 Å². The quantitative estimate of drug-likeness (QED) is 0.0237. The highest BCUT2D eigenvalue weighted by atomic mass is 32.1. The summed E-state index contributed by atoms with van der Waals surface area (Å²) in [5, 5.41) is 16.7. The molecule has 14 heteroatoms. The van der Waals surface area contributed by atoms with E-state index in [2.05, 4.69) is 41.0 Å². The van der Waals surface area contributed by atoms with E-state index < -0.39 is 19.7 Å². The topological polar surface area (TPSA) is 143 Å². The van der Waals surface area contributed by atoms with Crippen molar-refractivity contribution in [1.29, 1.82) is 0 Å². The Bertz CT molecular complexity index is 850. The van der Waals surface area contributed by atoms with Gasteiger partial charge in [-0.15, -0.1) is 0 Å². The number of hydrogen-bond acceptors (Lipinski definition) is 9. The van der Waals surface area contributed by atoms with Gasteiger partial charge in [-0.25, -0.2) is 4.57 Å². The maximum absolute atomic E-state index is 13.5. The van der Waals surface area contributed by atoms with Gasteiger partial charge in [-0.3, -0.25) is 28.5 Å². The number of unbranched alkanes of at least 4 members (excludes halogenated alkanes) is 15. The summed E-state index contributed by atoms with van der Waals surface area (Å²) in [5.41, 5.74) is 0. The molecule has 46 heavy (non-hydrogen) atoms. The van der Waals surface area contributed by atoms with Crippen molar-refractivity contribution in [3.63, 3.8) is 0 Å². The fraction of sp³-hybridized carbons (Fsp3) is 0.906. The molecule has 0 heterocycles. The molecule has 0 bridgehead atoms. The number of hydrogen-bond donors (Lipinski definition) is 6. The Morgan fingerprint density at radius 2 is 1.15 bits per heavy atom. The summed E-state index contributed by atoms with van der Waals surface area (Å²) in [6.07, 6.45) is 19.1. The largest absolute Gasteiger partial charge is 0.435 e. The monoisotopic (exact) mass is 713 g/mol. The molecular formula is C32H66N4O7PS2+. The number of aliphatic hydroxyl groups excluding tert-OH is 1. The number of carbonyl (C=O) groups excluding carboxylic acids is 3. The summed E-state index contributed by atoms with van der Waals surface area (Å²) >= 11 is 7.89. The van der Waals surface area contributed by atoms with E-state index in [9.17, 15) is 18.9 Å². The first-order valence-electron chi connectivity index (χ1n) is 17.3. The molecule has 0 radical (unpaired) electrons. The maximum Gasteiger partial charge on any atom is 0.435 e. The molecule has 272 valence electrons. The average Bonchev–Trinajstić information content (AvgIpc) is 3.00. The maximum atomic E-state index is 13.5. The van der Waals surface area contributed by atoms with Crippen molar-refractivity contribution in [2.75, 3.05) is 65.6 Å². The molecule has 0 spiro atoms. The molecule has 0 aromatic rings. The van der Waals surface area contributed by atoms with Crippen molar-refractivity contribution in [3.8, 4) is 0 Å². The third-order valence-electron chi connectivity index (χ3n) is 7.52. The zero-order valence-corrected chi connectivity index (χ0v) is 31.6. The van der Waals surface area contributed by atoms with Crippen LogP contribution in [0.3, 0.4) is 0 Å². The third-order valence-corrected chi connectivity index (χ3v) is 9.66. The minimum Gasteiger partial charge on any atom is -0.396 e. The number of aliphatic hydroxyl groups is 1. The molecule has 0 rings (SSSR count). The number of likely N-dealkylation sites (N-methyl/N-ethyl adjacent to an activating group) is 1. The van der Waals surface area contributed by atoms with Crippen LogP contribution in [0.1, 0.15) is 116 Å². The Kier molecular flexibility index (Phi) is 28.6. The lowest BCUT2D eigenvalue weighted by molar-refractivity contribution is -0.870. The lowest BCUT2D eigenvalue weighted by Gasteiger charge is -2.25. The van der Waals surface area contributed by atoms with Crippen LogP contribution in [0, 0.1) is 0 Å². The molecule has 0 aliphatic carbocycles. The second-order valence-corrected chi connectivity index (χ2v) is 15.4. The number of carbonyl (C=O) groups is 3. The minimum atomic E-state index is -3.88. The second-order valence-electron chi connectivity index (χ2n) is 13.0. The van der Waals surface area contributed by atoms with E-state index in [0.29, 0.717) is 17.6 Å². The summed E-state index contributed by atoms with van der Waals surface area (Å²) in [4.78, 5) is 36.2. The third kappa shape index (κ3) is 29.3. The molecule has 0 aromatic heterocycles. The molecule has 0 aliphatic rings. The lowest BCUT2D eigenvalue weighted by atomic mass is 10.0. The summed E-state index contributed by atoms with van der Waals surface area (Å²) in [5.74, 6) is -1.15. The van der Waals surface area contributed by atoms with Gasteiger partial charge < -0.3 is 20.2 Å². The van der Waals surface area contributed by atoms with Crippen LogP contribution in [0.4, 0.5) is 0 Å². The zero-order valence-electron chi connectivity index (χ0n) is 28.9. The summed E-state index contributed by atoms with van der Waals surface area (Å²) in [6, 6.07) is -0.503. The van der Waals surface area contributed by atoms with Gasteiger partial charge in [-0.1, -0.05) is 89.9 Å². The molecular weight excluding hydrogens is 647 g/mol. The smallest absolute Gasteiger partial charge is 0.396 e. The normalized spacial score (nSPS) is 13.6. The molecule has 2 unspecified atom stereocenters. The van der Waals surface area contributed by atoms with Gasteiger partial charge in [0.25, 0.3) is 0 Å². The summed E-state index contributed by atoms with van der Waals surface area (Å²) in [6.45, 7) is 1.41. The fourth-order valence-corrected chi connectivity index (χ4v) is 6.23. The van der Waals surface area contributed by atoms with E-state index in [4.69, 9.17) is 14.2 Å². The van der Waals surface area contributed by atoms with Crippen LogP contribution in [0.25, 0.3) is 0 Å². The van der Waals surface area contributed by atoms with Gasteiger partial charge in [-0.2, -0.15) is 25.3 Å². The highest BCUT2D eigenvalue weighted by Gasteiger charge is 2.29. The second kappa shape index (κ2) is 29.1. The van der Waals surface area contributed by atoms with Crippen molar-refractivity contribution in [2.24, 2.45) is 0 Å². The van der Waals surface area contributed by atoms with Crippen molar-refractivity contribution in [2.45, 2.75) is 122 Å². The van der Waals surface area contributed by atoms with Gasteiger partial charge in [0.15, 0.2) is 0 Å². The highest BCUT2D eigenvalue weighted by Crippen LogP contribution is 2.44. The van der Waals surface area contributed by atoms with Crippen LogP contribution in [0.5, 0.6) is 0 Å². The van der Waals surface area contributed by atoms with Gasteiger partial charge in [0.1, 0.15) is 13.2 Å². The predicted molar refractivity (Wildman–Crippen MR) is 193 cm³/mol. The van der Waals surface area contributed by atoms with Crippen LogP contribution in [-0.4, -0.2) is 98.9 Å². The van der Waals surface area contributed by atoms with Gasteiger partial charge in [0, 0.05) is 25.6 Å². The number of nitrogens with zero attached hydrogens (tertiary/aromatic N) is 1. The Labute approximate surface area is 290 Å². The first kappa shape index (κ1) is 45.2. The van der Waals surface area contributed by atoms with Crippen LogP contribution in [0.2, 0.25) is 0 Å². The van der Waals surface area contributed by atoms with Gasteiger partial charge in [0.2, 0.25) is 17.7 Å². The highest BCUT2D eigenvalue weighted by molar-refractivity contribution is 7.81. The lowest BCUT2D eigenvalue weighted by Crippen LogP contribution is -2.45. The Hall–Kier alpha value is -0.820. The number of rotatable bonds is 32. The average molecular weight is 714 g/mol. The summed E-state index contributed by atoms with van der Waals surface area (Å²) < 4.78 is 25.4. The van der Waals surface area contributed by atoms with E-state index in [-0.39, 0.29) is 55.9 Å². The van der Waals surface area contributed by atoms with E-state index in [0.717, 1.165) is 32.1 Å². The minimum absolute atomic E-state index is 0.00776. The van der Waals surface area contributed by atoms with Gasteiger partial charge in [0.05, 0.1) is 39.3 Å². The predicted octanol–water partition coefficient (Wildman–Crippen LogP) is 5.42. The molecule has 11 nitrogen and oxygen atoms in total. The van der Waals surface area contributed by atoms with E-state index in [1.165, 1.54) is 70.6 Å². The Balaban J connectivity index is 4.40. The molecule has 0 saturated heterocycles. The molecule has 0 aliphatic heterocycles. The van der Waals surface area contributed by atoms with Crippen molar-refractivity contribution < 1.29 is 37.6 Å². The molecule has 4 N–H and O–H groups in total.